The molecular weight excluding hydrogens is 214 g/mol. The van der Waals surface area contributed by atoms with Crippen molar-refractivity contribution in [3.63, 3.8) is 0 Å². The van der Waals surface area contributed by atoms with E-state index in [2.05, 4.69) is 0 Å². The number of benzene rings is 1. The summed E-state index contributed by atoms with van der Waals surface area (Å²) in [6, 6.07) is 7.72. The van der Waals surface area contributed by atoms with Gasteiger partial charge in [-0.2, -0.15) is 0 Å². The molecular formula is C11H18ClNO2. The Morgan fingerprint density at radius 2 is 1.93 bits per heavy atom. The van der Waals surface area contributed by atoms with Crippen LogP contribution in [0.25, 0.3) is 0 Å². The Bertz CT molecular complexity index is 264. The second-order valence-electron chi connectivity index (χ2n) is 3.25. The number of aliphatic hydroxyl groups is 1. The van der Waals surface area contributed by atoms with Crippen LogP contribution in [0.15, 0.2) is 24.3 Å². The summed E-state index contributed by atoms with van der Waals surface area (Å²) in [6.07, 6.45) is 1.55. The smallest absolute Gasteiger partial charge is 0.118 e. The Morgan fingerprint density at radius 3 is 2.40 bits per heavy atom. The third-order valence-corrected chi connectivity index (χ3v) is 2.22. The monoisotopic (exact) mass is 231 g/mol. The van der Waals surface area contributed by atoms with Gasteiger partial charge in [-0.05, 0) is 30.5 Å². The SMILES string of the molecule is COc1ccc([C@@H](N)CCCO)cc1.Cl. The molecule has 3 N–H and O–H groups in total. The van der Waals surface area contributed by atoms with Gasteiger partial charge < -0.3 is 15.6 Å². The van der Waals surface area contributed by atoms with Crippen molar-refractivity contribution in [2.24, 2.45) is 5.73 Å². The summed E-state index contributed by atoms with van der Waals surface area (Å²) in [7, 11) is 1.64. The van der Waals surface area contributed by atoms with Gasteiger partial charge in [0.2, 0.25) is 0 Å². The van der Waals surface area contributed by atoms with E-state index in [1.807, 2.05) is 24.3 Å². The summed E-state index contributed by atoms with van der Waals surface area (Å²) >= 11 is 0. The zero-order chi connectivity index (χ0) is 10.4. The molecule has 0 aromatic heterocycles. The summed E-state index contributed by atoms with van der Waals surface area (Å²) in [5.74, 6) is 0.836. The van der Waals surface area contributed by atoms with Crippen LogP contribution in [-0.2, 0) is 0 Å². The lowest BCUT2D eigenvalue weighted by Crippen LogP contribution is -2.10. The highest BCUT2D eigenvalue weighted by Gasteiger charge is 2.04. The number of hydrogen-bond donors (Lipinski definition) is 2. The molecule has 0 aliphatic heterocycles. The normalized spacial score (nSPS) is 11.7. The van der Waals surface area contributed by atoms with Gasteiger partial charge in [-0.15, -0.1) is 12.4 Å². The Balaban J connectivity index is 0.00000196. The van der Waals surface area contributed by atoms with Gasteiger partial charge in [-0.3, -0.25) is 0 Å². The van der Waals surface area contributed by atoms with Crippen LogP contribution in [0.1, 0.15) is 24.4 Å². The second kappa shape index (κ2) is 7.51. The molecule has 1 aromatic carbocycles. The highest BCUT2D eigenvalue weighted by atomic mass is 35.5. The molecule has 0 aliphatic rings. The van der Waals surface area contributed by atoms with Gasteiger partial charge in [-0.25, -0.2) is 0 Å². The molecule has 1 rings (SSSR count). The van der Waals surface area contributed by atoms with E-state index in [1.165, 1.54) is 0 Å². The number of hydrogen-bond acceptors (Lipinski definition) is 3. The highest BCUT2D eigenvalue weighted by Crippen LogP contribution is 2.18. The maximum atomic E-state index is 8.67. The van der Waals surface area contributed by atoms with E-state index in [0.717, 1.165) is 24.2 Å². The topological polar surface area (TPSA) is 55.5 Å². The van der Waals surface area contributed by atoms with Gasteiger partial charge in [-0.1, -0.05) is 12.1 Å². The molecule has 0 bridgehead atoms. The molecule has 0 aliphatic carbocycles. The van der Waals surface area contributed by atoms with Crippen molar-refractivity contribution in [3.05, 3.63) is 29.8 Å². The van der Waals surface area contributed by atoms with Crippen LogP contribution < -0.4 is 10.5 Å². The zero-order valence-electron chi connectivity index (χ0n) is 8.85. The van der Waals surface area contributed by atoms with E-state index >= 15 is 0 Å². The lowest BCUT2D eigenvalue weighted by molar-refractivity contribution is 0.280. The molecule has 1 aromatic rings. The molecule has 0 amide bonds. The van der Waals surface area contributed by atoms with Crippen molar-refractivity contribution in [2.75, 3.05) is 13.7 Å². The van der Waals surface area contributed by atoms with Crippen LogP contribution >= 0.6 is 12.4 Å². The molecule has 4 heteroatoms. The fourth-order valence-electron chi connectivity index (χ4n) is 1.33. The molecule has 0 unspecified atom stereocenters. The van der Waals surface area contributed by atoms with Gasteiger partial charge in [0.1, 0.15) is 5.75 Å². The summed E-state index contributed by atoms with van der Waals surface area (Å²) in [5, 5.41) is 8.67. The van der Waals surface area contributed by atoms with Gasteiger partial charge >= 0.3 is 0 Å². The minimum absolute atomic E-state index is 0. The second-order valence-corrected chi connectivity index (χ2v) is 3.25. The summed E-state index contributed by atoms with van der Waals surface area (Å²) in [6.45, 7) is 0.198. The quantitative estimate of drug-likeness (QED) is 0.814. The molecule has 1 atom stereocenters. The Hall–Kier alpha value is -0.770. The number of rotatable bonds is 5. The molecule has 0 fully saturated rings. The van der Waals surface area contributed by atoms with Gasteiger partial charge in [0.15, 0.2) is 0 Å². The molecule has 0 heterocycles. The third kappa shape index (κ3) is 4.51. The molecule has 15 heavy (non-hydrogen) atoms. The number of aliphatic hydroxyl groups excluding tert-OH is 1. The lowest BCUT2D eigenvalue weighted by Gasteiger charge is -2.11. The number of ether oxygens (including phenoxy) is 1. The van der Waals surface area contributed by atoms with Crippen LogP contribution in [-0.4, -0.2) is 18.8 Å². The zero-order valence-corrected chi connectivity index (χ0v) is 9.67. The van der Waals surface area contributed by atoms with E-state index in [9.17, 15) is 0 Å². The summed E-state index contributed by atoms with van der Waals surface area (Å²) in [5.41, 5.74) is 7.00. The first-order valence-corrected chi connectivity index (χ1v) is 4.78. The van der Waals surface area contributed by atoms with Crippen LogP contribution in [0.4, 0.5) is 0 Å². The minimum Gasteiger partial charge on any atom is -0.497 e. The van der Waals surface area contributed by atoms with Gasteiger partial charge in [0, 0.05) is 12.6 Å². The first-order valence-electron chi connectivity index (χ1n) is 4.78. The molecule has 86 valence electrons. The van der Waals surface area contributed by atoms with E-state index in [4.69, 9.17) is 15.6 Å². The fraction of sp³-hybridized carbons (Fsp3) is 0.455. The number of nitrogens with two attached hydrogens (primary N) is 1. The van der Waals surface area contributed by atoms with Gasteiger partial charge in [0.25, 0.3) is 0 Å². The molecule has 3 nitrogen and oxygen atoms in total. The Labute approximate surface area is 96.7 Å². The highest BCUT2D eigenvalue weighted by molar-refractivity contribution is 5.85. The third-order valence-electron chi connectivity index (χ3n) is 2.22. The average Bonchev–Trinajstić information content (AvgIpc) is 2.26. The predicted octanol–water partition coefficient (Wildman–Crippen LogP) is 1.89. The van der Waals surface area contributed by atoms with Crippen molar-refractivity contribution < 1.29 is 9.84 Å². The maximum absolute atomic E-state index is 8.67. The molecule has 0 saturated carbocycles. The van der Waals surface area contributed by atoms with E-state index in [0.29, 0.717) is 0 Å². The van der Waals surface area contributed by atoms with Crippen LogP contribution in [0.5, 0.6) is 5.75 Å². The van der Waals surface area contributed by atoms with E-state index < -0.39 is 0 Å². The first-order chi connectivity index (χ1) is 6.77. The molecule has 0 saturated heterocycles. The maximum Gasteiger partial charge on any atom is 0.118 e. The lowest BCUT2D eigenvalue weighted by atomic mass is 10.0. The minimum atomic E-state index is 0. The van der Waals surface area contributed by atoms with Crippen LogP contribution in [0, 0.1) is 0 Å². The van der Waals surface area contributed by atoms with Crippen LogP contribution in [0.2, 0.25) is 0 Å². The van der Waals surface area contributed by atoms with Gasteiger partial charge in [0.05, 0.1) is 7.11 Å². The molecule has 0 radical (unpaired) electrons. The average molecular weight is 232 g/mol. The van der Waals surface area contributed by atoms with Crippen molar-refractivity contribution >= 4 is 12.4 Å². The largest absolute Gasteiger partial charge is 0.497 e. The van der Waals surface area contributed by atoms with Crippen molar-refractivity contribution in [2.45, 2.75) is 18.9 Å². The van der Waals surface area contributed by atoms with E-state index in [1.54, 1.807) is 7.11 Å². The standard InChI is InChI=1S/C11H17NO2.ClH/c1-14-10-6-4-9(5-7-10)11(12)3-2-8-13;/h4-7,11,13H,2-3,8,12H2,1H3;1H/t11-;/m0./s1. The summed E-state index contributed by atoms with van der Waals surface area (Å²) in [4.78, 5) is 0. The van der Waals surface area contributed by atoms with E-state index in [-0.39, 0.29) is 25.1 Å². The molecule has 0 spiro atoms. The van der Waals surface area contributed by atoms with Crippen molar-refractivity contribution in [3.8, 4) is 5.75 Å². The van der Waals surface area contributed by atoms with Crippen LogP contribution in [0.3, 0.4) is 0 Å². The van der Waals surface area contributed by atoms with Crippen molar-refractivity contribution in [1.29, 1.82) is 0 Å². The Kier molecular flexibility index (Phi) is 7.13. The summed E-state index contributed by atoms with van der Waals surface area (Å²) < 4.78 is 5.05. The number of methoxy groups -OCH3 is 1. The van der Waals surface area contributed by atoms with Crippen molar-refractivity contribution in [1.82, 2.24) is 0 Å². The Morgan fingerprint density at radius 1 is 1.33 bits per heavy atom. The predicted molar refractivity (Wildman–Crippen MR) is 63.5 cm³/mol. The first kappa shape index (κ1) is 14.2. The number of halogens is 1. The fourth-order valence-corrected chi connectivity index (χ4v) is 1.33.